The average Bonchev–Trinajstić information content (AvgIpc) is 2.84. The first-order valence-corrected chi connectivity index (χ1v) is 8.88. The average molecular weight is 377 g/mol. The number of alkyl halides is 3. The third-order valence-electron chi connectivity index (χ3n) is 5.53. The van der Waals surface area contributed by atoms with E-state index in [1.165, 1.54) is 0 Å². The van der Waals surface area contributed by atoms with Gasteiger partial charge in [0.1, 0.15) is 5.82 Å². The van der Waals surface area contributed by atoms with Crippen LogP contribution in [0.4, 0.5) is 30.4 Å². The smallest absolute Gasteiger partial charge is 0.369 e. The minimum absolute atomic E-state index is 0.164. The molecule has 5 nitrogen and oxygen atoms in total. The molecule has 0 saturated carbocycles. The number of benzene rings is 1. The van der Waals surface area contributed by atoms with Gasteiger partial charge < -0.3 is 21.3 Å². The molecule has 0 unspecified atom stereocenters. The summed E-state index contributed by atoms with van der Waals surface area (Å²) in [5, 5.41) is 6.22. The number of piperidine rings is 1. The van der Waals surface area contributed by atoms with E-state index in [0.29, 0.717) is 30.0 Å². The zero-order valence-electron chi connectivity index (χ0n) is 15.2. The number of pyridine rings is 1. The van der Waals surface area contributed by atoms with Crippen LogP contribution in [0.2, 0.25) is 0 Å². The number of nitrogens with two attached hydrogens (primary N) is 1. The molecule has 0 spiro atoms. The molecule has 27 heavy (non-hydrogen) atoms. The molecule has 1 saturated heterocycles. The number of nitrogens with zero attached hydrogens (tertiary/aromatic N) is 2. The fraction of sp³-hybridized carbons (Fsp3) is 0.421. The van der Waals surface area contributed by atoms with Crippen molar-refractivity contribution in [3.05, 3.63) is 47.2 Å². The fourth-order valence-electron chi connectivity index (χ4n) is 4.23. The predicted molar refractivity (Wildman–Crippen MR) is 99.2 cm³/mol. The Balaban J connectivity index is 1.84. The Morgan fingerprint density at radius 1 is 1.33 bits per heavy atom. The summed E-state index contributed by atoms with van der Waals surface area (Å²) in [6.45, 7) is 3.08. The van der Waals surface area contributed by atoms with Gasteiger partial charge in [0, 0.05) is 31.0 Å². The van der Waals surface area contributed by atoms with E-state index in [4.69, 9.17) is 5.73 Å². The van der Waals surface area contributed by atoms with Gasteiger partial charge in [-0.1, -0.05) is 6.07 Å². The lowest BCUT2D eigenvalue weighted by molar-refractivity contribution is -0.137. The maximum absolute atomic E-state index is 13.9. The first-order chi connectivity index (χ1) is 12.7. The molecule has 4 rings (SSSR count). The molecule has 2 aliphatic rings. The predicted octanol–water partition coefficient (Wildman–Crippen LogP) is 3.12. The van der Waals surface area contributed by atoms with Crippen molar-refractivity contribution in [2.45, 2.75) is 31.1 Å². The number of aryl methyl sites for hydroxylation is 1. The molecule has 0 amide bonds. The van der Waals surface area contributed by atoms with Crippen LogP contribution in [0.25, 0.3) is 0 Å². The summed E-state index contributed by atoms with van der Waals surface area (Å²) in [5.41, 5.74) is 7.13. The monoisotopic (exact) mass is 377 g/mol. The van der Waals surface area contributed by atoms with Crippen molar-refractivity contribution in [1.29, 1.82) is 0 Å². The Labute approximate surface area is 155 Å². The standard InChI is InChI=1S/C19H22F3N5/c1-11-3-4-16(25-9-11)26-12-7-13-17(14(8-12)19(20,21)22)27(2)15-5-6-24-10-18(13,15)23/h3-4,7-9,15,24H,5-6,10,23H2,1-2H3,(H,25,26)/t15-,18+/m0/s1. The largest absolute Gasteiger partial charge is 0.418 e. The maximum atomic E-state index is 13.9. The van der Waals surface area contributed by atoms with Crippen LogP contribution in [-0.4, -0.2) is 31.2 Å². The summed E-state index contributed by atoms with van der Waals surface area (Å²) < 4.78 is 41.6. The Hall–Kier alpha value is -2.32. The second-order valence-corrected chi connectivity index (χ2v) is 7.40. The molecule has 0 bridgehead atoms. The summed E-state index contributed by atoms with van der Waals surface area (Å²) in [6, 6.07) is 6.31. The molecule has 144 valence electrons. The number of anilines is 3. The van der Waals surface area contributed by atoms with E-state index >= 15 is 0 Å². The van der Waals surface area contributed by atoms with E-state index in [2.05, 4.69) is 15.6 Å². The molecular weight excluding hydrogens is 355 g/mol. The van der Waals surface area contributed by atoms with Gasteiger partial charge in [-0.2, -0.15) is 13.2 Å². The van der Waals surface area contributed by atoms with E-state index in [9.17, 15) is 13.2 Å². The number of hydrogen-bond donors (Lipinski definition) is 3. The molecule has 1 aromatic heterocycles. The molecule has 0 radical (unpaired) electrons. The topological polar surface area (TPSA) is 66.2 Å². The van der Waals surface area contributed by atoms with E-state index in [1.807, 2.05) is 13.0 Å². The fourth-order valence-corrected chi connectivity index (χ4v) is 4.23. The molecule has 8 heteroatoms. The van der Waals surface area contributed by atoms with Gasteiger partial charge in [0.15, 0.2) is 0 Å². The number of aromatic nitrogens is 1. The Morgan fingerprint density at radius 2 is 2.11 bits per heavy atom. The quantitative estimate of drug-likeness (QED) is 0.751. The van der Waals surface area contributed by atoms with Gasteiger partial charge in [0.2, 0.25) is 0 Å². The Bertz CT molecular complexity index is 865. The van der Waals surface area contributed by atoms with E-state index in [1.54, 1.807) is 30.3 Å². The van der Waals surface area contributed by atoms with Crippen LogP contribution in [0.3, 0.4) is 0 Å². The van der Waals surface area contributed by atoms with E-state index in [-0.39, 0.29) is 11.7 Å². The van der Waals surface area contributed by atoms with E-state index in [0.717, 1.165) is 18.2 Å². The van der Waals surface area contributed by atoms with Crippen molar-refractivity contribution in [2.75, 3.05) is 30.4 Å². The summed E-state index contributed by atoms with van der Waals surface area (Å²) in [4.78, 5) is 5.93. The highest BCUT2D eigenvalue weighted by molar-refractivity contribution is 5.75. The Morgan fingerprint density at radius 3 is 2.78 bits per heavy atom. The third kappa shape index (κ3) is 2.93. The van der Waals surface area contributed by atoms with Gasteiger partial charge in [-0.3, -0.25) is 0 Å². The van der Waals surface area contributed by atoms with Crippen LogP contribution in [0.15, 0.2) is 30.5 Å². The molecule has 2 aliphatic heterocycles. The van der Waals surface area contributed by atoms with Gasteiger partial charge in [-0.25, -0.2) is 4.98 Å². The SMILES string of the molecule is Cc1ccc(Nc2cc(C(F)(F)F)c3c(c2)[C@]2(N)CNCC[C@@H]2N3C)nc1. The number of fused-ring (bicyclic) bond motifs is 3. The zero-order chi connectivity index (χ0) is 19.4. The molecule has 3 heterocycles. The number of hydrogen-bond acceptors (Lipinski definition) is 5. The summed E-state index contributed by atoms with van der Waals surface area (Å²) >= 11 is 0. The van der Waals surface area contributed by atoms with Crippen molar-refractivity contribution in [3.63, 3.8) is 0 Å². The van der Waals surface area contributed by atoms with E-state index < -0.39 is 17.3 Å². The number of rotatable bonds is 2. The van der Waals surface area contributed by atoms with Crippen LogP contribution >= 0.6 is 0 Å². The number of halogens is 3. The lowest BCUT2D eigenvalue weighted by Crippen LogP contribution is -2.60. The second kappa shape index (κ2) is 6.10. The van der Waals surface area contributed by atoms with Crippen LogP contribution in [0, 0.1) is 6.92 Å². The van der Waals surface area contributed by atoms with Crippen LogP contribution in [0.5, 0.6) is 0 Å². The summed E-state index contributed by atoms with van der Waals surface area (Å²) in [7, 11) is 1.70. The van der Waals surface area contributed by atoms with Crippen molar-refractivity contribution in [1.82, 2.24) is 10.3 Å². The van der Waals surface area contributed by atoms with Crippen molar-refractivity contribution in [3.8, 4) is 0 Å². The van der Waals surface area contributed by atoms with Crippen LogP contribution in [-0.2, 0) is 11.7 Å². The van der Waals surface area contributed by atoms with Gasteiger partial charge in [0.05, 0.1) is 22.8 Å². The molecule has 0 aliphatic carbocycles. The summed E-state index contributed by atoms with van der Waals surface area (Å²) in [6.07, 6.45) is -2.12. The molecular formula is C19H22F3N5. The molecule has 1 aromatic carbocycles. The lowest BCUT2D eigenvalue weighted by Gasteiger charge is -2.39. The lowest BCUT2D eigenvalue weighted by atomic mass is 9.82. The third-order valence-corrected chi connectivity index (χ3v) is 5.53. The zero-order valence-corrected chi connectivity index (χ0v) is 15.2. The van der Waals surface area contributed by atoms with Crippen molar-refractivity contribution in [2.24, 2.45) is 5.73 Å². The minimum atomic E-state index is -4.48. The van der Waals surface area contributed by atoms with Gasteiger partial charge in [-0.05, 0) is 43.7 Å². The highest BCUT2D eigenvalue weighted by atomic mass is 19.4. The van der Waals surface area contributed by atoms with Gasteiger partial charge in [-0.15, -0.1) is 0 Å². The Kier molecular flexibility index (Phi) is 4.08. The molecule has 2 aromatic rings. The highest BCUT2D eigenvalue weighted by Crippen LogP contribution is 2.51. The number of nitrogens with one attached hydrogen (secondary N) is 2. The minimum Gasteiger partial charge on any atom is -0.369 e. The summed E-state index contributed by atoms with van der Waals surface area (Å²) in [5.74, 6) is 0.490. The van der Waals surface area contributed by atoms with Crippen LogP contribution < -0.4 is 21.3 Å². The molecule has 1 fully saturated rings. The highest BCUT2D eigenvalue weighted by Gasteiger charge is 2.52. The number of likely N-dealkylation sites (N-methyl/N-ethyl adjacent to an activating group) is 1. The molecule has 4 N–H and O–H groups in total. The first-order valence-electron chi connectivity index (χ1n) is 8.88. The van der Waals surface area contributed by atoms with Crippen molar-refractivity contribution >= 4 is 17.2 Å². The molecule has 2 atom stereocenters. The first kappa shape index (κ1) is 18.1. The normalized spacial score (nSPS) is 24.5. The second-order valence-electron chi connectivity index (χ2n) is 7.40. The van der Waals surface area contributed by atoms with Crippen LogP contribution in [0.1, 0.15) is 23.1 Å². The van der Waals surface area contributed by atoms with Crippen molar-refractivity contribution < 1.29 is 13.2 Å². The van der Waals surface area contributed by atoms with Gasteiger partial charge in [0.25, 0.3) is 0 Å². The van der Waals surface area contributed by atoms with Gasteiger partial charge >= 0.3 is 6.18 Å². The maximum Gasteiger partial charge on any atom is 0.418 e.